The van der Waals surface area contributed by atoms with E-state index < -0.39 is 5.97 Å². The zero-order valence-electron chi connectivity index (χ0n) is 8.65. The first kappa shape index (κ1) is 11.8. The van der Waals surface area contributed by atoms with Crippen molar-refractivity contribution in [3.63, 3.8) is 0 Å². The van der Waals surface area contributed by atoms with Crippen LogP contribution in [0.2, 0.25) is 0 Å². The van der Waals surface area contributed by atoms with Gasteiger partial charge in [-0.1, -0.05) is 25.1 Å². The first-order valence-corrected chi connectivity index (χ1v) is 4.65. The fourth-order valence-corrected chi connectivity index (χ4v) is 1.97. The lowest BCUT2D eigenvalue weighted by Gasteiger charge is -2.07. The Morgan fingerprint density at radius 1 is 1.40 bits per heavy atom. The third-order valence-electron chi connectivity index (χ3n) is 2.84. The van der Waals surface area contributed by atoms with Gasteiger partial charge in [-0.05, 0) is 29.7 Å². The van der Waals surface area contributed by atoms with Gasteiger partial charge in [0.05, 0.1) is 0 Å². The van der Waals surface area contributed by atoms with Gasteiger partial charge in [-0.25, -0.2) is 4.79 Å². The molecule has 2 rings (SSSR count). The third kappa shape index (κ3) is 1.77. The van der Waals surface area contributed by atoms with Crippen LogP contribution in [0.4, 0.5) is 0 Å². The number of aliphatic carboxylic acids is 1. The summed E-state index contributed by atoms with van der Waals surface area (Å²) in [5.74, 6) is -0.796. The van der Waals surface area contributed by atoms with Crippen molar-refractivity contribution in [3.05, 3.63) is 40.5 Å². The van der Waals surface area contributed by atoms with Crippen LogP contribution in [0, 0.1) is 6.92 Å². The van der Waals surface area contributed by atoms with Gasteiger partial charge in [0.15, 0.2) is 0 Å². The Balaban J connectivity index is 0.00000112. The van der Waals surface area contributed by atoms with Crippen LogP contribution in [-0.4, -0.2) is 11.1 Å². The SMILES string of the molecule is Cc1cccc2c1C=C(C(=O)O)C2C.Cl. The molecule has 3 heteroatoms. The van der Waals surface area contributed by atoms with Gasteiger partial charge in [-0.3, -0.25) is 0 Å². The Morgan fingerprint density at radius 3 is 2.60 bits per heavy atom. The van der Waals surface area contributed by atoms with Gasteiger partial charge in [0.2, 0.25) is 0 Å². The second-order valence-corrected chi connectivity index (χ2v) is 3.70. The van der Waals surface area contributed by atoms with Crippen molar-refractivity contribution in [1.82, 2.24) is 0 Å². The molecule has 1 N–H and O–H groups in total. The Labute approximate surface area is 95.0 Å². The maximum absolute atomic E-state index is 10.9. The topological polar surface area (TPSA) is 37.3 Å². The Kier molecular flexibility index (Phi) is 3.20. The number of rotatable bonds is 1. The highest BCUT2D eigenvalue weighted by Crippen LogP contribution is 2.37. The number of fused-ring (bicyclic) bond motifs is 1. The minimum Gasteiger partial charge on any atom is -0.478 e. The normalized spacial score (nSPS) is 17.7. The average Bonchev–Trinajstić information content (AvgIpc) is 2.46. The van der Waals surface area contributed by atoms with Gasteiger partial charge < -0.3 is 5.11 Å². The molecule has 1 aliphatic rings. The molecule has 0 aromatic heterocycles. The van der Waals surface area contributed by atoms with Crippen LogP contribution in [0.1, 0.15) is 29.5 Å². The molecule has 1 aromatic carbocycles. The summed E-state index contributed by atoms with van der Waals surface area (Å²) in [6.07, 6.45) is 1.79. The minimum atomic E-state index is -0.812. The van der Waals surface area contributed by atoms with Gasteiger partial charge in [0.1, 0.15) is 0 Å². The summed E-state index contributed by atoms with van der Waals surface area (Å²) in [5.41, 5.74) is 3.85. The summed E-state index contributed by atoms with van der Waals surface area (Å²) in [5, 5.41) is 8.98. The molecular weight excluding hydrogens is 212 g/mol. The molecule has 15 heavy (non-hydrogen) atoms. The molecular formula is C12H13ClO2. The zero-order valence-corrected chi connectivity index (χ0v) is 9.47. The molecule has 1 aliphatic carbocycles. The van der Waals surface area contributed by atoms with Gasteiger partial charge in [-0.2, -0.15) is 0 Å². The summed E-state index contributed by atoms with van der Waals surface area (Å²) in [7, 11) is 0. The van der Waals surface area contributed by atoms with Gasteiger partial charge >= 0.3 is 5.97 Å². The quantitative estimate of drug-likeness (QED) is 0.796. The lowest BCUT2D eigenvalue weighted by atomic mass is 9.96. The van der Waals surface area contributed by atoms with E-state index in [1.165, 1.54) is 0 Å². The summed E-state index contributed by atoms with van der Waals surface area (Å²) in [6, 6.07) is 5.98. The lowest BCUT2D eigenvalue weighted by molar-refractivity contribution is -0.132. The highest BCUT2D eigenvalue weighted by molar-refractivity contribution is 5.97. The zero-order chi connectivity index (χ0) is 10.3. The number of halogens is 1. The van der Waals surface area contributed by atoms with Crippen LogP contribution in [0.5, 0.6) is 0 Å². The molecule has 1 unspecified atom stereocenters. The predicted octanol–water partition coefficient (Wildman–Crippen LogP) is 3.00. The fourth-order valence-electron chi connectivity index (χ4n) is 1.97. The van der Waals surface area contributed by atoms with Gasteiger partial charge in [0, 0.05) is 11.5 Å². The number of benzene rings is 1. The second-order valence-electron chi connectivity index (χ2n) is 3.70. The first-order valence-electron chi connectivity index (χ1n) is 4.65. The van der Waals surface area contributed by atoms with E-state index >= 15 is 0 Å². The van der Waals surface area contributed by atoms with Crippen molar-refractivity contribution < 1.29 is 9.90 Å². The van der Waals surface area contributed by atoms with Crippen molar-refractivity contribution in [2.75, 3.05) is 0 Å². The number of carbonyl (C=O) groups is 1. The van der Waals surface area contributed by atoms with Crippen molar-refractivity contribution in [2.24, 2.45) is 0 Å². The molecule has 1 atom stereocenters. The smallest absolute Gasteiger partial charge is 0.332 e. The highest BCUT2D eigenvalue weighted by Gasteiger charge is 2.26. The molecule has 0 radical (unpaired) electrons. The molecule has 0 heterocycles. The van der Waals surface area contributed by atoms with Gasteiger partial charge in [0.25, 0.3) is 0 Å². The number of carboxylic acids is 1. The van der Waals surface area contributed by atoms with E-state index in [1.807, 2.05) is 32.0 Å². The van der Waals surface area contributed by atoms with Crippen LogP contribution >= 0.6 is 12.4 Å². The van der Waals surface area contributed by atoms with E-state index in [1.54, 1.807) is 6.08 Å². The third-order valence-corrected chi connectivity index (χ3v) is 2.84. The molecule has 0 amide bonds. The van der Waals surface area contributed by atoms with E-state index in [0.717, 1.165) is 16.7 Å². The van der Waals surface area contributed by atoms with Crippen LogP contribution in [0.15, 0.2) is 23.8 Å². The molecule has 0 saturated carbocycles. The van der Waals surface area contributed by atoms with Crippen molar-refractivity contribution in [3.8, 4) is 0 Å². The van der Waals surface area contributed by atoms with E-state index in [-0.39, 0.29) is 18.3 Å². The van der Waals surface area contributed by atoms with Crippen molar-refractivity contribution in [1.29, 1.82) is 0 Å². The number of carboxylic acid groups (broad SMARTS) is 1. The molecule has 0 spiro atoms. The van der Waals surface area contributed by atoms with Crippen LogP contribution in [0.25, 0.3) is 6.08 Å². The van der Waals surface area contributed by atoms with E-state index in [9.17, 15) is 4.79 Å². The molecule has 0 fully saturated rings. The van der Waals surface area contributed by atoms with Crippen LogP contribution in [0.3, 0.4) is 0 Å². The van der Waals surface area contributed by atoms with Gasteiger partial charge in [-0.15, -0.1) is 12.4 Å². The summed E-state index contributed by atoms with van der Waals surface area (Å²) in [6.45, 7) is 3.94. The molecule has 80 valence electrons. The van der Waals surface area contributed by atoms with Crippen LogP contribution < -0.4 is 0 Å². The monoisotopic (exact) mass is 224 g/mol. The second kappa shape index (κ2) is 4.07. The maximum Gasteiger partial charge on any atom is 0.332 e. The predicted molar refractivity (Wildman–Crippen MR) is 62.5 cm³/mol. The van der Waals surface area contributed by atoms with E-state index in [0.29, 0.717) is 5.57 Å². The fraction of sp³-hybridized carbons (Fsp3) is 0.250. The van der Waals surface area contributed by atoms with Crippen LogP contribution in [-0.2, 0) is 4.79 Å². The summed E-state index contributed by atoms with van der Waals surface area (Å²) < 4.78 is 0. The maximum atomic E-state index is 10.9. The molecule has 0 saturated heterocycles. The largest absolute Gasteiger partial charge is 0.478 e. The Hall–Kier alpha value is -1.28. The molecule has 2 nitrogen and oxygen atoms in total. The van der Waals surface area contributed by atoms with E-state index in [4.69, 9.17) is 5.11 Å². The lowest BCUT2D eigenvalue weighted by Crippen LogP contribution is -2.04. The highest BCUT2D eigenvalue weighted by atomic mass is 35.5. The molecule has 0 aliphatic heterocycles. The Morgan fingerprint density at radius 2 is 2.07 bits per heavy atom. The summed E-state index contributed by atoms with van der Waals surface area (Å²) >= 11 is 0. The number of aryl methyl sites for hydroxylation is 1. The molecule has 0 bridgehead atoms. The minimum absolute atomic E-state index is 0. The number of hydrogen-bond donors (Lipinski definition) is 1. The standard InChI is InChI=1S/C12H12O2.ClH/c1-7-4-3-5-9-8(2)11(12(13)14)6-10(7)9;/h3-6,8H,1-2H3,(H,13,14);1H. The van der Waals surface area contributed by atoms with E-state index in [2.05, 4.69) is 0 Å². The molecule has 1 aromatic rings. The van der Waals surface area contributed by atoms with Crippen molar-refractivity contribution >= 4 is 24.5 Å². The van der Waals surface area contributed by atoms with Crippen molar-refractivity contribution in [2.45, 2.75) is 19.8 Å². The first-order chi connectivity index (χ1) is 6.61. The summed E-state index contributed by atoms with van der Waals surface area (Å²) in [4.78, 5) is 10.9. The number of hydrogen-bond acceptors (Lipinski definition) is 1. The average molecular weight is 225 g/mol. The Bertz CT molecular complexity index is 435.